The molecule has 29 heavy (non-hydrogen) atoms. The van der Waals surface area contributed by atoms with Gasteiger partial charge in [0, 0.05) is 43.7 Å². The highest BCUT2D eigenvalue weighted by molar-refractivity contribution is 7.10. The summed E-state index contributed by atoms with van der Waals surface area (Å²) in [6.07, 6.45) is 0. The third-order valence-corrected chi connectivity index (χ3v) is 6.04. The van der Waals surface area contributed by atoms with E-state index < -0.39 is 0 Å². The van der Waals surface area contributed by atoms with Crippen LogP contribution in [0.5, 0.6) is 5.75 Å². The third kappa shape index (κ3) is 5.95. The normalized spacial score (nSPS) is 16.4. The van der Waals surface area contributed by atoms with Crippen LogP contribution in [0.25, 0.3) is 0 Å². The van der Waals surface area contributed by atoms with Crippen molar-refractivity contribution in [2.75, 3.05) is 53.6 Å². The molecule has 1 unspecified atom stereocenters. The second kappa shape index (κ2) is 11.2. The minimum atomic E-state index is 0.284. The average molecular weight is 417 g/mol. The smallest absolute Gasteiger partial charge is 0.194 e. The number of nitrogens with one attached hydrogen (secondary N) is 1. The van der Waals surface area contributed by atoms with E-state index in [2.05, 4.69) is 52.7 Å². The van der Waals surface area contributed by atoms with Crippen molar-refractivity contribution in [1.82, 2.24) is 15.1 Å². The van der Waals surface area contributed by atoms with Gasteiger partial charge in [0.05, 0.1) is 32.9 Å². The van der Waals surface area contributed by atoms with Crippen LogP contribution >= 0.6 is 11.3 Å². The topological polar surface area (TPSA) is 49.3 Å². The number of methoxy groups -OCH3 is 1. The third-order valence-electron chi connectivity index (χ3n) is 5.07. The van der Waals surface area contributed by atoms with Crippen LogP contribution in [0.2, 0.25) is 0 Å². The number of hydrogen-bond acceptors (Lipinski definition) is 5. The van der Waals surface area contributed by atoms with Crippen LogP contribution in [-0.4, -0.2) is 69.3 Å². The minimum Gasteiger partial charge on any atom is -0.496 e. The van der Waals surface area contributed by atoms with Gasteiger partial charge in [0.25, 0.3) is 0 Å². The van der Waals surface area contributed by atoms with Crippen molar-refractivity contribution in [2.24, 2.45) is 4.99 Å². The van der Waals surface area contributed by atoms with Crippen LogP contribution < -0.4 is 10.1 Å². The Labute approximate surface area is 178 Å². The molecule has 0 aliphatic carbocycles. The number of hydrogen-bond donors (Lipinski definition) is 1. The predicted octanol–water partition coefficient (Wildman–Crippen LogP) is 3.23. The van der Waals surface area contributed by atoms with Gasteiger partial charge in [0.2, 0.25) is 0 Å². The van der Waals surface area contributed by atoms with Gasteiger partial charge in [0.1, 0.15) is 5.75 Å². The Morgan fingerprint density at radius 2 is 2.07 bits per heavy atom. The Bertz CT molecular complexity index is 760. The van der Waals surface area contributed by atoms with Crippen LogP contribution in [0.1, 0.15) is 23.4 Å². The fourth-order valence-corrected chi connectivity index (χ4v) is 4.41. The molecule has 0 bridgehead atoms. The molecule has 1 N–H and O–H groups in total. The van der Waals surface area contributed by atoms with E-state index in [0.717, 1.165) is 63.2 Å². The molecule has 1 fully saturated rings. The summed E-state index contributed by atoms with van der Waals surface area (Å²) in [6.45, 7) is 7.87. The van der Waals surface area contributed by atoms with Crippen LogP contribution in [0.4, 0.5) is 0 Å². The molecular formula is C22H32N4O2S. The molecule has 0 spiro atoms. The first-order valence-corrected chi connectivity index (χ1v) is 11.1. The molecule has 0 saturated carbocycles. The van der Waals surface area contributed by atoms with Crippen LogP contribution in [0.15, 0.2) is 46.8 Å². The Morgan fingerprint density at radius 1 is 1.28 bits per heavy atom. The number of rotatable bonds is 8. The fourth-order valence-electron chi connectivity index (χ4n) is 3.56. The van der Waals surface area contributed by atoms with Crippen LogP contribution in [0.3, 0.4) is 0 Å². The summed E-state index contributed by atoms with van der Waals surface area (Å²) in [6, 6.07) is 12.8. The standard InChI is InChI=1S/C22H32N4O2S/c1-4-23-22(25(2)17-18-8-5-6-9-20(18)27-3)24-16-19(21-10-7-15-29-21)26-11-13-28-14-12-26/h5-10,15,19H,4,11-14,16-17H2,1-3H3,(H,23,24). The average Bonchev–Trinajstić information content (AvgIpc) is 3.29. The number of ether oxygens (including phenoxy) is 2. The highest BCUT2D eigenvalue weighted by atomic mass is 32.1. The number of aliphatic imine (C=N–C) groups is 1. The van der Waals surface area contributed by atoms with Gasteiger partial charge in [-0.05, 0) is 24.4 Å². The maximum absolute atomic E-state index is 5.55. The van der Waals surface area contributed by atoms with Gasteiger partial charge in [-0.2, -0.15) is 0 Å². The van der Waals surface area contributed by atoms with Crippen molar-refractivity contribution >= 4 is 17.3 Å². The second-order valence-corrected chi connectivity index (χ2v) is 8.02. The molecule has 1 atom stereocenters. The molecule has 1 aliphatic heterocycles. The maximum atomic E-state index is 5.55. The zero-order valence-electron chi connectivity index (χ0n) is 17.6. The fraction of sp³-hybridized carbons (Fsp3) is 0.500. The van der Waals surface area contributed by atoms with Crippen molar-refractivity contribution in [3.05, 3.63) is 52.2 Å². The molecule has 1 aliphatic rings. The van der Waals surface area contributed by atoms with Gasteiger partial charge in [0.15, 0.2) is 5.96 Å². The molecule has 2 heterocycles. The zero-order valence-corrected chi connectivity index (χ0v) is 18.5. The number of benzene rings is 1. The first-order chi connectivity index (χ1) is 14.2. The lowest BCUT2D eigenvalue weighted by Gasteiger charge is -2.33. The van der Waals surface area contributed by atoms with Crippen molar-refractivity contribution < 1.29 is 9.47 Å². The van der Waals surface area contributed by atoms with Gasteiger partial charge in [-0.3, -0.25) is 9.89 Å². The van der Waals surface area contributed by atoms with Crippen molar-refractivity contribution in [3.63, 3.8) is 0 Å². The van der Waals surface area contributed by atoms with Gasteiger partial charge in [-0.1, -0.05) is 24.3 Å². The lowest BCUT2D eigenvalue weighted by Crippen LogP contribution is -2.42. The van der Waals surface area contributed by atoms with Crippen molar-refractivity contribution in [3.8, 4) is 5.75 Å². The van der Waals surface area contributed by atoms with E-state index >= 15 is 0 Å². The molecule has 158 valence electrons. The predicted molar refractivity (Wildman–Crippen MR) is 120 cm³/mol. The Balaban J connectivity index is 1.75. The monoisotopic (exact) mass is 416 g/mol. The molecule has 6 nitrogen and oxygen atoms in total. The number of thiophene rings is 1. The Hall–Kier alpha value is -2.09. The lowest BCUT2D eigenvalue weighted by molar-refractivity contribution is 0.0186. The summed E-state index contributed by atoms with van der Waals surface area (Å²) < 4.78 is 11.1. The summed E-state index contributed by atoms with van der Waals surface area (Å²) in [5.74, 6) is 1.81. The largest absolute Gasteiger partial charge is 0.496 e. The van der Waals surface area contributed by atoms with Crippen molar-refractivity contribution in [1.29, 1.82) is 0 Å². The molecule has 0 radical (unpaired) electrons. The summed E-state index contributed by atoms with van der Waals surface area (Å²) in [7, 11) is 3.79. The Morgan fingerprint density at radius 3 is 2.76 bits per heavy atom. The molecule has 3 rings (SSSR count). The zero-order chi connectivity index (χ0) is 20.5. The molecule has 1 saturated heterocycles. The van der Waals surface area contributed by atoms with Gasteiger partial charge >= 0.3 is 0 Å². The number of para-hydroxylation sites is 1. The van der Waals surface area contributed by atoms with E-state index in [-0.39, 0.29) is 6.04 Å². The lowest BCUT2D eigenvalue weighted by atomic mass is 10.2. The maximum Gasteiger partial charge on any atom is 0.194 e. The Kier molecular flexibility index (Phi) is 8.34. The number of morpholine rings is 1. The first kappa shape index (κ1) is 21.6. The second-order valence-electron chi connectivity index (χ2n) is 7.04. The summed E-state index contributed by atoms with van der Waals surface area (Å²) >= 11 is 1.80. The van der Waals surface area contributed by atoms with E-state index in [4.69, 9.17) is 14.5 Å². The number of nitrogens with zero attached hydrogens (tertiary/aromatic N) is 3. The van der Waals surface area contributed by atoms with Gasteiger partial charge in [-0.15, -0.1) is 11.3 Å². The van der Waals surface area contributed by atoms with E-state index in [1.807, 2.05) is 18.2 Å². The quantitative estimate of drug-likeness (QED) is 0.529. The molecule has 0 amide bonds. The van der Waals surface area contributed by atoms with Gasteiger partial charge in [-0.25, -0.2) is 0 Å². The highest BCUT2D eigenvalue weighted by Gasteiger charge is 2.23. The van der Waals surface area contributed by atoms with Gasteiger partial charge < -0.3 is 19.7 Å². The highest BCUT2D eigenvalue weighted by Crippen LogP contribution is 2.26. The van der Waals surface area contributed by atoms with E-state index in [9.17, 15) is 0 Å². The number of guanidine groups is 1. The summed E-state index contributed by atoms with van der Waals surface area (Å²) in [5, 5.41) is 5.58. The van der Waals surface area contributed by atoms with Crippen LogP contribution in [-0.2, 0) is 11.3 Å². The SMILES string of the molecule is CCNC(=NCC(c1cccs1)N1CCOCC1)N(C)Cc1ccccc1OC. The molecular weight excluding hydrogens is 384 g/mol. The van der Waals surface area contributed by atoms with E-state index in [1.165, 1.54) is 4.88 Å². The van der Waals surface area contributed by atoms with Crippen molar-refractivity contribution in [2.45, 2.75) is 19.5 Å². The van der Waals surface area contributed by atoms with Crippen LogP contribution in [0, 0.1) is 0 Å². The molecule has 1 aromatic heterocycles. The summed E-state index contributed by atoms with van der Waals surface area (Å²) in [4.78, 5) is 11.0. The first-order valence-electron chi connectivity index (χ1n) is 10.2. The van der Waals surface area contributed by atoms with E-state index in [0.29, 0.717) is 0 Å². The summed E-state index contributed by atoms with van der Waals surface area (Å²) in [5.41, 5.74) is 1.14. The molecule has 7 heteroatoms. The van der Waals surface area contributed by atoms with E-state index in [1.54, 1.807) is 18.4 Å². The molecule has 1 aromatic carbocycles. The minimum absolute atomic E-state index is 0.284. The molecule has 2 aromatic rings.